The number of sulfonamides is 1. The van der Waals surface area contributed by atoms with E-state index < -0.39 is 10.0 Å². The highest BCUT2D eigenvalue weighted by Crippen LogP contribution is 2.29. The van der Waals surface area contributed by atoms with E-state index in [1.165, 1.54) is 0 Å². The molecule has 0 saturated carbocycles. The zero-order chi connectivity index (χ0) is 17.2. The molecule has 1 fully saturated rings. The van der Waals surface area contributed by atoms with Gasteiger partial charge >= 0.3 is 0 Å². The Morgan fingerprint density at radius 3 is 2.25 bits per heavy atom. The second kappa shape index (κ2) is 6.95. The van der Waals surface area contributed by atoms with Crippen molar-refractivity contribution in [3.8, 4) is 0 Å². The van der Waals surface area contributed by atoms with Crippen LogP contribution in [0.1, 0.15) is 24.0 Å². The van der Waals surface area contributed by atoms with E-state index in [0.29, 0.717) is 4.90 Å². The second-order valence-corrected chi connectivity index (χ2v) is 8.25. The quantitative estimate of drug-likeness (QED) is 0.926. The lowest BCUT2D eigenvalue weighted by atomic mass is 10.1. The Kier molecular flexibility index (Phi) is 4.92. The van der Waals surface area contributed by atoms with Gasteiger partial charge in [-0.3, -0.25) is 4.31 Å². The van der Waals surface area contributed by atoms with Crippen molar-refractivity contribution >= 4 is 15.7 Å². The molecule has 24 heavy (non-hydrogen) atoms. The van der Waals surface area contributed by atoms with Gasteiger partial charge in [-0.15, -0.1) is 0 Å². The van der Waals surface area contributed by atoms with Gasteiger partial charge in [0.25, 0.3) is 10.0 Å². The van der Waals surface area contributed by atoms with E-state index in [4.69, 9.17) is 0 Å². The van der Waals surface area contributed by atoms with Crippen LogP contribution >= 0.6 is 0 Å². The highest BCUT2D eigenvalue weighted by Gasteiger charge is 2.32. The number of benzene rings is 2. The summed E-state index contributed by atoms with van der Waals surface area (Å²) in [6.07, 6.45) is 1.64. The normalized spacial score (nSPS) is 16.1. The van der Waals surface area contributed by atoms with Crippen LogP contribution in [0.2, 0.25) is 0 Å². The Hall–Kier alpha value is -1.85. The first-order chi connectivity index (χ1) is 11.5. The molecule has 1 aliphatic heterocycles. The third kappa shape index (κ3) is 3.47. The summed E-state index contributed by atoms with van der Waals surface area (Å²) < 4.78 is 28.4. The van der Waals surface area contributed by atoms with Crippen LogP contribution in [0.4, 0.5) is 5.69 Å². The number of hydrogen-bond donors (Lipinski definition) is 1. The molecule has 0 aromatic heterocycles. The van der Waals surface area contributed by atoms with Gasteiger partial charge in [0, 0.05) is 6.04 Å². The minimum absolute atomic E-state index is 0.0144. The highest BCUT2D eigenvalue weighted by molar-refractivity contribution is 7.92. The van der Waals surface area contributed by atoms with Gasteiger partial charge in [0.1, 0.15) is 0 Å². The molecule has 1 N–H and O–H groups in total. The number of nitrogens with one attached hydrogen (secondary N) is 1. The third-order valence-corrected chi connectivity index (χ3v) is 6.35. The molecule has 4 nitrogen and oxygen atoms in total. The average molecular weight is 344 g/mol. The first-order valence-electron chi connectivity index (χ1n) is 8.37. The molecular weight excluding hydrogens is 320 g/mol. The number of nitrogens with zero attached hydrogens (tertiary/aromatic N) is 1. The SMILES string of the molecule is Cc1ccc(N(C2CCNCC2)S(=O)(=O)c2cccc(C)c2)cc1. The zero-order valence-corrected chi connectivity index (χ0v) is 15.0. The van der Waals surface area contributed by atoms with Crippen LogP contribution < -0.4 is 9.62 Å². The molecule has 5 heteroatoms. The first kappa shape index (κ1) is 17.0. The van der Waals surface area contributed by atoms with Crippen molar-refractivity contribution in [2.24, 2.45) is 0 Å². The van der Waals surface area contributed by atoms with Gasteiger partial charge in [-0.1, -0.05) is 29.8 Å². The van der Waals surface area contributed by atoms with Gasteiger partial charge in [-0.2, -0.15) is 0 Å². The highest BCUT2D eigenvalue weighted by atomic mass is 32.2. The predicted octanol–water partition coefficient (Wildman–Crippen LogP) is 3.25. The lowest BCUT2D eigenvalue weighted by Crippen LogP contribution is -2.46. The fourth-order valence-corrected chi connectivity index (χ4v) is 4.98. The number of hydrogen-bond acceptors (Lipinski definition) is 3. The maximum absolute atomic E-state index is 13.4. The average Bonchev–Trinajstić information content (AvgIpc) is 2.58. The molecule has 1 saturated heterocycles. The summed E-state index contributed by atoms with van der Waals surface area (Å²) in [6.45, 7) is 5.61. The zero-order valence-electron chi connectivity index (χ0n) is 14.2. The van der Waals surface area contributed by atoms with Crippen molar-refractivity contribution in [1.29, 1.82) is 0 Å². The van der Waals surface area contributed by atoms with E-state index in [9.17, 15) is 8.42 Å². The molecular formula is C19H24N2O2S. The van der Waals surface area contributed by atoms with Crippen molar-refractivity contribution in [3.63, 3.8) is 0 Å². The third-order valence-electron chi connectivity index (χ3n) is 4.48. The van der Waals surface area contributed by atoms with Crippen LogP contribution in [-0.4, -0.2) is 27.5 Å². The standard InChI is InChI=1S/C19H24N2O2S/c1-15-6-8-17(9-7-15)21(18-10-12-20-13-11-18)24(22,23)19-5-3-4-16(2)14-19/h3-9,14,18,20H,10-13H2,1-2H3. The molecule has 2 aromatic carbocycles. The molecule has 0 amide bonds. The molecule has 0 atom stereocenters. The van der Waals surface area contributed by atoms with Gasteiger partial charge in [0.15, 0.2) is 0 Å². The van der Waals surface area contributed by atoms with Crippen LogP contribution in [0.3, 0.4) is 0 Å². The molecule has 0 aliphatic carbocycles. The molecule has 2 aromatic rings. The van der Waals surface area contributed by atoms with E-state index in [0.717, 1.165) is 42.7 Å². The van der Waals surface area contributed by atoms with Gasteiger partial charge in [0.2, 0.25) is 0 Å². The number of anilines is 1. The van der Waals surface area contributed by atoms with Gasteiger partial charge in [-0.05, 0) is 69.6 Å². The van der Waals surface area contributed by atoms with Gasteiger partial charge < -0.3 is 5.32 Å². The first-order valence-corrected chi connectivity index (χ1v) is 9.81. The molecule has 0 bridgehead atoms. The monoisotopic (exact) mass is 344 g/mol. The molecule has 0 radical (unpaired) electrons. The molecule has 3 rings (SSSR count). The van der Waals surface area contributed by atoms with E-state index in [1.54, 1.807) is 22.5 Å². The molecule has 0 spiro atoms. The number of piperidine rings is 1. The van der Waals surface area contributed by atoms with Crippen LogP contribution in [0.25, 0.3) is 0 Å². The van der Waals surface area contributed by atoms with Gasteiger partial charge in [-0.25, -0.2) is 8.42 Å². The van der Waals surface area contributed by atoms with Crippen LogP contribution in [0.5, 0.6) is 0 Å². The van der Waals surface area contributed by atoms with Crippen molar-refractivity contribution in [1.82, 2.24) is 5.32 Å². The van der Waals surface area contributed by atoms with E-state index in [1.807, 2.05) is 44.2 Å². The lowest BCUT2D eigenvalue weighted by Gasteiger charge is -2.35. The Morgan fingerprint density at radius 2 is 1.62 bits per heavy atom. The summed E-state index contributed by atoms with van der Waals surface area (Å²) in [7, 11) is -3.58. The topological polar surface area (TPSA) is 49.4 Å². The summed E-state index contributed by atoms with van der Waals surface area (Å²) >= 11 is 0. The maximum atomic E-state index is 13.4. The number of rotatable bonds is 4. The van der Waals surface area contributed by atoms with Gasteiger partial charge in [0.05, 0.1) is 10.6 Å². The largest absolute Gasteiger partial charge is 0.317 e. The minimum Gasteiger partial charge on any atom is -0.317 e. The van der Waals surface area contributed by atoms with Crippen molar-refractivity contribution in [3.05, 3.63) is 59.7 Å². The summed E-state index contributed by atoms with van der Waals surface area (Å²) in [6, 6.07) is 14.9. The lowest BCUT2D eigenvalue weighted by molar-refractivity contribution is 0.453. The van der Waals surface area contributed by atoms with E-state index in [-0.39, 0.29) is 6.04 Å². The summed E-state index contributed by atoms with van der Waals surface area (Å²) in [5, 5.41) is 3.31. The molecule has 0 unspecified atom stereocenters. The van der Waals surface area contributed by atoms with Crippen molar-refractivity contribution in [2.75, 3.05) is 17.4 Å². The van der Waals surface area contributed by atoms with Crippen molar-refractivity contribution in [2.45, 2.75) is 37.6 Å². The van der Waals surface area contributed by atoms with E-state index >= 15 is 0 Å². The Morgan fingerprint density at radius 1 is 0.958 bits per heavy atom. The van der Waals surface area contributed by atoms with Crippen LogP contribution in [0.15, 0.2) is 53.4 Å². The molecule has 128 valence electrons. The Balaban J connectivity index is 2.07. The summed E-state index contributed by atoms with van der Waals surface area (Å²) in [5.41, 5.74) is 2.82. The second-order valence-electron chi connectivity index (χ2n) is 6.43. The predicted molar refractivity (Wildman–Crippen MR) is 97.9 cm³/mol. The Labute approximate surface area is 144 Å². The fraction of sp³-hybridized carbons (Fsp3) is 0.368. The smallest absolute Gasteiger partial charge is 0.264 e. The Bertz CT molecular complexity index is 794. The van der Waals surface area contributed by atoms with Crippen LogP contribution in [-0.2, 0) is 10.0 Å². The summed E-state index contributed by atoms with van der Waals surface area (Å²) in [4.78, 5) is 0.363. The maximum Gasteiger partial charge on any atom is 0.264 e. The number of aryl methyl sites for hydroxylation is 2. The summed E-state index contributed by atoms with van der Waals surface area (Å²) in [5.74, 6) is 0. The molecule has 1 heterocycles. The van der Waals surface area contributed by atoms with Crippen molar-refractivity contribution < 1.29 is 8.42 Å². The molecule has 1 aliphatic rings. The fourth-order valence-electron chi connectivity index (χ4n) is 3.17. The minimum atomic E-state index is -3.58. The van der Waals surface area contributed by atoms with Crippen LogP contribution in [0, 0.1) is 13.8 Å². The van der Waals surface area contributed by atoms with E-state index in [2.05, 4.69) is 5.32 Å².